The van der Waals surface area contributed by atoms with Gasteiger partial charge < -0.3 is 5.11 Å². The summed E-state index contributed by atoms with van der Waals surface area (Å²) in [6.07, 6.45) is 1.87. The van der Waals surface area contributed by atoms with Crippen molar-refractivity contribution in [3.05, 3.63) is 41.0 Å². The highest BCUT2D eigenvalue weighted by Gasteiger charge is 2.09. The Hall–Kier alpha value is -1.12. The van der Waals surface area contributed by atoms with Crippen LogP contribution in [0.1, 0.15) is 12.5 Å². The minimum atomic E-state index is -0.407. The van der Waals surface area contributed by atoms with Crippen LogP contribution >= 0.6 is 11.6 Å². The molecule has 0 fully saturated rings. The number of hydrogen-bond donors (Lipinski definition) is 1. The van der Waals surface area contributed by atoms with Crippen LogP contribution in [0.4, 0.5) is 0 Å². The molecule has 0 radical (unpaired) electrons. The Bertz CT molecular complexity index is 482. The van der Waals surface area contributed by atoms with Gasteiger partial charge >= 0.3 is 0 Å². The number of pyridine rings is 1. The van der Waals surface area contributed by atoms with Gasteiger partial charge in [-0.1, -0.05) is 23.7 Å². The first-order valence-corrected chi connectivity index (χ1v) is 5.26. The molecule has 0 amide bonds. The molecule has 1 N–H and O–H groups in total. The third kappa shape index (κ3) is 2.11. The van der Waals surface area contributed by atoms with Crippen LogP contribution in [-0.2, 0) is 6.42 Å². The molecule has 3 heteroatoms. The van der Waals surface area contributed by atoms with Crippen molar-refractivity contribution in [1.29, 1.82) is 0 Å². The quantitative estimate of drug-likeness (QED) is 0.846. The van der Waals surface area contributed by atoms with Gasteiger partial charge in [-0.3, -0.25) is 4.98 Å². The maximum absolute atomic E-state index is 9.40. The van der Waals surface area contributed by atoms with Crippen molar-refractivity contribution in [1.82, 2.24) is 4.98 Å². The number of aromatic nitrogens is 1. The normalized spacial score (nSPS) is 13.0. The van der Waals surface area contributed by atoms with Gasteiger partial charge in [0, 0.05) is 23.0 Å². The standard InChI is InChI=1S/C12H12ClNO/c1-8(15)7-10-11(13)5-4-9-3-2-6-14-12(9)10/h2-6,8,15H,7H2,1H3/t8-/m1/s1. The highest BCUT2D eigenvalue weighted by molar-refractivity contribution is 6.32. The number of fused-ring (bicyclic) bond motifs is 1. The summed E-state index contributed by atoms with van der Waals surface area (Å²) >= 11 is 6.10. The Morgan fingerprint density at radius 2 is 2.20 bits per heavy atom. The zero-order valence-corrected chi connectivity index (χ0v) is 9.20. The molecule has 0 unspecified atom stereocenters. The molecule has 1 aromatic heterocycles. The van der Waals surface area contributed by atoms with Crippen molar-refractivity contribution in [2.45, 2.75) is 19.4 Å². The SMILES string of the molecule is C[C@@H](O)Cc1c(Cl)ccc2cccnc12. The molecule has 15 heavy (non-hydrogen) atoms. The molecule has 0 aliphatic heterocycles. The van der Waals surface area contributed by atoms with Crippen molar-refractivity contribution >= 4 is 22.5 Å². The third-order valence-electron chi connectivity index (χ3n) is 2.32. The summed E-state index contributed by atoms with van der Waals surface area (Å²) in [5.74, 6) is 0. The van der Waals surface area contributed by atoms with Crippen LogP contribution in [-0.4, -0.2) is 16.2 Å². The molecule has 1 atom stereocenters. The number of rotatable bonds is 2. The van der Waals surface area contributed by atoms with Crippen LogP contribution < -0.4 is 0 Å². The van der Waals surface area contributed by atoms with Gasteiger partial charge in [-0.25, -0.2) is 0 Å². The Kier molecular flexibility index (Phi) is 2.89. The van der Waals surface area contributed by atoms with Crippen LogP contribution in [0.25, 0.3) is 10.9 Å². The molecule has 78 valence electrons. The first-order valence-electron chi connectivity index (χ1n) is 4.88. The van der Waals surface area contributed by atoms with Gasteiger partial charge in [0.1, 0.15) is 0 Å². The second kappa shape index (κ2) is 4.17. The number of halogens is 1. The van der Waals surface area contributed by atoms with Gasteiger partial charge in [-0.05, 0) is 24.6 Å². The Morgan fingerprint density at radius 1 is 1.40 bits per heavy atom. The van der Waals surface area contributed by atoms with E-state index in [1.54, 1.807) is 13.1 Å². The Morgan fingerprint density at radius 3 is 2.93 bits per heavy atom. The lowest BCUT2D eigenvalue weighted by Crippen LogP contribution is -2.05. The summed E-state index contributed by atoms with van der Waals surface area (Å²) in [7, 11) is 0. The predicted molar refractivity (Wildman–Crippen MR) is 62.1 cm³/mol. The van der Waals surface area contributed by atoms with E-state index < -0.39 is 6.10 Å². The van der Waals surface area contributed by atoms with E-state index in [9.17, 15) is 5.11 Å². The molecule has 1 heterocycles. The van der Waals surface area contributed by atoms with Crippen LogP contribution in [0.5, 0.6) is 0 Å². The maximum atomic E-state index is 9.40. The smallest absolute Gasteiger partial charge is 0.0749 e. The highest BCUT2D eigenvalue weighted by atomic mass is 35.5. The number of aliphatic hydroxyl groups is 1. The Balaban J connectivity index is 2.63. The van der Waals surface area contributed by atoms with Gasteiger partial charge in [0.05, 0.1) is 11.6 Å². The van der Waals surface area contributed by atoms with E-state index in [0.717, 1.165) is 16.5 Å². The van der Waals surface area contributed by atoms with E-state index in [0.29, 0.717) is 11.4 Å². The fraction of sp³-hybridized carbons (Fsp3) is 0.250. The summed E-state index contributed by atoms with van der Waals surface area (Å²) in [6, 6.07) is 7.67. The van der Waals surface area contributed by atoms with Crippen molar-refractivity contribution in [2.75, 3.05) is 0 Å². The summed E-state index contributed by atoms with van der Waals surface area (Å²) < 4.78 is 0. The van der Waals surface area contributed by atoms with Crippen LogP contribution in [0, 0.1) is 0 Å². The van der Waals surface area contributed by atoms with Crippen molar-refractivity contribution < 1.29 is 5.11 Å². The molecule has 2 rings (SSSR count). The minimum Gasteiger partial charge on any atom is -0.393 e. The average molecular weight is 222 g/mol. The highest BCUT2D eigenvalue weighted by Crippen LogP contribution is 2.25. The van der Waals surface area contributed by atoms with Crippen LogP contribution in [0.3, 0.4) is 0 Å². The lowest BCUT2D eigenvalue weighted by molar-refractivity contribution is 0.196. The van der Waals surface area contributed by atoms with E-state index in [1.807, 2.05) is 24.3 Å². The summed E-state index contributed by atoms with van der Waals surface area (Å²) in [5, 5.41) is 11.1. The first kappa shape index (κ1) is 10.4. The largest absolute Gasteiger partial charge is 0.393 e. The molecule has 2 aromatic rings. The zero-order chi connectivity index (χ0) is 10.8. The Labute approximate surface area is 93.5 Å². The lowest BCUT2D eigenvalue weighted by atomic mass is 10.0. The molecule has 0 saturated heterocycles. The van der Waals surface area contributed by atoms with E-state index >= 15 is 0 Å². The average Bonchev–Trinajstić information content (AvgIpc) is 2.22. The van der Waals surface area contributed by atoms with E-state index in [-0.39, 0.29) is 0 Å². The number of hydrogen-bond acceptors (Lipinski definition) is 2. The van der Waals surface area contributed by atoms with Gasteiger partial charge in [0.15, 0.2) is 0 Å². The predicted octanol–water partition coefficient (Wildman–Crippen LogP) is 2.81. The molecule has 2 nitrogen and oxygen atoms in total. The van der Waals surface area contributed by atoms with Gasteiger partial charge in [0.2, 0.25) is 0 Å². The zero-order valence-electron chi connectivity index (χ0n) is 8.44. The molecule has 0 aliphatic carbocycles. The minimum absolute atomic E-state index is 0.407. The van der Waals surface area contributed by atoms with E-state index in [2.05, 4.69) is 4.98 Å². The fourth-order valence-corrected chi connectivity index (χ4v) is 1.90. The maximum Gasteiger partial charge on any atom is 0.0749 e. The first-order chi connectivity index (χ1) is 7.18. The number of nitrogens with zero attached hydrogens (tertiary/aromatic N) is 1. The van der Waals surface area contributed by atoms with Crippen molar-refractivity contribution in [3.8, 4) is 0 Å². The molecule has 0 aliphatic rings. The van der Waals surface area contributed by atoms with Gasteiger partial charge in [-0.2, -0.15) is 0 Å². The lowest BCUT2D eigenvalue weighted by Gasteiger charge is -2.09. The fourth-order valence-electron chi connectivity index (χ4n) is 1.67. The molecular formula is C12H12ClNO. The monoisotopic (exact) mass is 221 g/mol. The summed E-state index contributed by atoms with van der Waals surface area (Å²) in [5.41, 5.74) is 1.80. The van der Waals surface area contributed by atoms with Gasteiger partial charge in [0.25, 0.3) is 0 Å². The van der Waals surface area contributed by atoms with Crippen LogP contribution in [0.2, 0.25) is 5.02 Å². The third-order valence-corrected chi connectivity index (χ3v) is 2.68. The number of aliphatic hydroxyl groups excluding tert-OH is 1. The molecular weight excluding hydrogens is 210 g/mol. The second-order valence-electron chi connectivity index (χ2n) is 3.65. The van der Waals surface area contributed by atoms with Crippen molar-refractivity contribution in [2.24, 2.45) is 0 Å². The molecule has 0 saturated carbocycles. The topological polar surface area (TPSA) is 33.1 Å². The van der Waals surface area contributed by atoms with Gasteiger partial charge in [-0.15, -0.1) is 0 Å². The van der Waals surface area contributed by atoms with E-state index in [4.69, 9.17) is 11.6 Å². The molecule has 0 bridgehead atoms. The summed E-state index contributed by atoms with van der Waals surface area (Å²) in [4.78, 5) is 4.30. The second-order valence-corrected chi connectivity index (χ2v) is 4.06. The van der Waals surface area contributed by atoms with Crippen molar-refractivity contribution in [3.63, 3.8) is 0 Å². The number of benzene rings is 1. The molecule has 0 spiro atoms. The van der Waals surface area contributed by atoms with Crippen LogP contribution in [0.15, 0.2) is 30.5 Å². The summed E-state index contributed by atoms with van der Waals surface area (Å²) in [6.45, 7) is 1.75. The van der Waals surface area contributed by atoms with E-state index in [1.165, 1.54) is 0 Å². The molecule has 1 aromatic carbocycles.